The van der Waals surface area contributed by atoms with E-state index in [0.717, 1.165) is 38.0 Å². The van der Waals surface area contributed by atoms with Crippen LogP contribution in [0.4, 0.5) is 0 Å². The monoisotopic (exact) mass is 509 g/mol. The lowest BCUT2D eigenvalue weighted by Gasteiger charge is -2.37. The quantitative estimate of drug-likeness (QED) is 0.398. The Labute approximate surface area is 214 Å². The zero-order chi connectivity index (χ0) is 24.8. The largest absolute Gasteiger partial charge is 0.480 e. The molecule has 0 spiro atoms. The van der Waals surface area contributed by atoms with Crippen LogP contribution in [0.5, 0.6) is 0 Å². The lowest BCUT2D eigenvalue weighted by Crippen LogP contribution is -2.51. The Morgan fingerprint density at radius 3 is 1.89 bits per heavy atom. The van der Waals surface area contributed by atoms with Crippen LogP contribution in [0.1, 0.15) is 103 Å². The van der Waals surface area contributed by atoms with Crippen LogP contribution in [0.25, 0.3) is 0 Å². The molecule has 35 heavy (non-hydrogen) atoms. The standard InChI is InChI=1S/C9H14ClNO.C9H15NO2.C9H15NO/c10-7-5-6-3-1-2-4-8(6)11-9(7)12;11-9(12)8-5-6-3-1-2-4-7(6)10-8;11-9-6-5-7-3-1-2-4-8(7)10-9/h6-8H,1-5H2,(H,11,12);6-8,10H,1-5H2,(H,11,12);7-8H,1-6H2,(H,10,11). The zero-order valence-corrected chi connectivity index (χ0v) is 21.7. The highest BCUT2D eigenvalue weighted by molar-refractivity contribution is 6.30. The molecule has 198 valence electrons. The summed E-state index contributed by atoms with van der Waals surface area (Å²) in [5, 5.41) is 17.8. The maximum absolute atomic E-state index is 11.2. The van der Waals surface area contributed by atoms with Crippen LogP contribution < -0.4 is 16.0 Å². The van der Waals surface area contributed by atoms with E-state index in [1.54, 1.807) is 0 Å². The number of nitrogens with one attached hydrogen (secondary N) is 3. The number of aliphatic carboxylic acids is 1. The van der Waals surface area contributed by atoms with Gasteiger partial charge in [-0.1, -0.05) is 38.5 Å². The van der Waals surface area contributed by atoms with E-state index < -0.39 is 5.97 Å². The molecule has 0 bridgehead atoms. The van der Waals surface area contributed by atoms with Crippen LogP contribution in [0.15, 0.2) is 0 Å². The van der Waals surface area contributed by atoms with Gasteiger partial charge in [-0.2, -0.15) is 0 Å². The Bertz CT molecular complexity index is 736. The van der Waals surface area contributed by atoms with Gasteiger partial charge in [-0.05, 0) is 75.5 Å². The van der Waals surface area contributed by atoms with Crippen LogP contribution in [-0.4, -0.2) is 52.4 Å². The first kappa shape index (κ1) is 26.7. The van der Waals surface area contributed by atoms with E-state index in [4.69, 9.17) is 16.7 Å². The highest BCUT2D eigenvalue weighted by atomic mass is 35.5. The number of hydrogen-bond acceptors (Lipinski definition) is 4. The molecule has 3 saturated heterocycles. The molecule has 6 rings (SSSR count). The molecule has 0 aromatic rings. The third-order valence-electron chi connectivity index (χ3n) is 9.19. The van der Waals surface area contributed by atoms with Crippen molar-refractivity contribution in [3.8, 4) is 0 Å². The van der Waals surface area contributed by atoms with Crippen molar-refractivity contribution in [2.45, 2.75) is 132 Å². The van der Waals surface area contributed by atoms with E-state index in [1.165, 1.54) is 70.6 Å². The molecular weight excluding hydrogens is 466 g/mol. The summed E-state index contributed by atoms with van der Waals surface area (Å²) in [6, 6.07) is 1.20. The summed E-state index contributed by atoms with van der Waals surface area (Å²) < 4.78 is 0. The Morgan fingerprint density at radius 1 is 0.714 bits per heavy atom. The summed E-state index contributed by atoms with van der Waals surface area (Å²) in [5.74, 6) is 1.73. The molecule has 8 heteroatoms. The minimum absolute atomic E-state index is 0.0415. The Hall–Kier alpha value is -1.34. The van der Waals surface area contributed by atoms with Crippen molar-refractivity contribution in [1.82, 2.24) is 16.0 Å². The van der Waals surface area contributed by atoms with Crippen molar-refractivity contribution in [2.75, 3.05) is 0 Å². The number of fused-ring (bicyclic) bond motifs is 3. The van der Waals surface area contributed by atoms with Crippen molar-refractivity contribution in [3.63, 3.8) is 0 Å². The number of carbonyl (C=O) groups is 3. The molecule has 8 atom stereocenters. The Balaban J connectivity index is 0.000000124. The third-order valence-corrected chi connectivity index (χ3v) is 9.57. The first-order valence-electron chi connectivity index (χ1n) is 14.1. The van der Waals surface area contributed by atoms with Gasteiger partial charge in [-0.15, -0.1) is 11.6 Å². The summed E-state index contributed by atoms with van der Waals surface area (Å²) in [6.07, 6.45) is 18.8. The Morgan fingerprint density at radius 2 is 1.26 bits per heavy atom. The molecule has 2 amide bonds. The van der Waals surface area contributed by atoms with E-state index in [0.29, 0.717) is 30.0 Å². The molecule has 0 aromatic heterocycles. The summed E-state index contributed by atoms with van der Waals surface area (Å²) in [7, 11) is 0. The van der Waals surface area contributed by atoms with Gasteiger partial charge in [-0.25, -0.2) is 0 Å². The number of carboxylic acid groups (broad SMARTS) is 1. The molecule has 7 nitrogen and oxygen atoms in total. The van der Waals surface area contributed by atoms with Crippen LogP contribution in [0.2, 0.25) is 0 Å². The molecule has 0 aromatic carbocycles. The van der Waals surface area contributed by atoms with Gasteiger partial charge in [0.2, 0.25) is 11.8 Å². The summed E-state index contributed by atoms with van der Waals surface area (Å²) in [5.41, 5.74) is 0. The molecule has 8 unspecified atom stereocenters. The van der Waals surface area contributed by atoms with Crippen molar-refractivity contribution in [3.05, 3.63) is 0 Å². The molecule has 3 aliphatic carbocycles. The van der Waals surface area contributed by atoms with Crippen molar-refractivity contribution in [2.24, 2.45) is 17.8 Å². The summed E-state index contributed by atoms with van der Waals surface area (Å²) in [6.45, 7) is 0. The lowest BCUT2D eigenvalue weighted by molar-refractivity contribution is -0.139. The lowest BCUT2D eigenvalue weighted by atomic mass is 9.79. The maximum Gasteiger partial charge on any atom is 0.320 e. The molecule has 4 N–H and O–H groups in total. The van der Waals surface area contributed by atoms with Gasteiger partial charge in [0.1, 0.15) is 11.4 Å². The van der Waals surface area contributed by atoms with Crippen molar-refractivity contribution >= 4 is 29.4 Å². The Kier molecular flexibility index (Phi) is 9.74. The topological polar surface area (TPSA) is 108 Å². The molecule has 0 radical (unpaired) electrons. The number of hydrogen-bond donors (Lipinski definition) is 4. The normalized spacial score (nSPS) is 40.1. The van der Waals surface area contributed by atoms with Crippen LogP contribution >= 0.6 is 11.6 Å². The second-order valence-corrected chi connectivity index (χ2v) is 12.1. The van der Waals surface area contributed by atoms with Gasteiger partial charge >= 0.3 is 5.97 Å². The smallest absolute Gasteiger partial charge is 0.320 e. The first-order valence-corrected chi connectivity index (χ1v) is 14.6. The van der Waals surface area contributed by atoms with Crippen molar-refractivity contribution < 1.29 is 19.5 Å². The second kappa shape index (κ2) is 12.8. The predicted molar refractivity (Wildman–Crippen MR) is 136 cm³/mol. The zero-order valence-electron chi connectivity index (χ0n) is 21.0. The van der Waals surface area contributed by atoms with Gasteiger partial charge in [0, 0.05) is 24.5 Å². The third kappa shape index (κ3) is 7.34. The number of alkyl halides is 1. The first-order chi connectivity index (χ1) is 16.9. The average Bonchev–Trinajstić information content (AvgIpc) is 3.30. The number of rotatable bonds is 1. The highest BCUT2D eigenvalue weighted by Gasteiger charge is 2.38. The van der Waals surface area contributed by atoms with E-state index in [9.17, 15) is 14.4 Å². The number of carbonyl (C=O) groups excluding carboxylic acids is 2. The van der Waals surface area contributed by atoms with Gasteiger partial charge in [0.25, 0.3) is 0 Å². The molecule has 3 saturated carbocycles. The van der Waals surface area contributed by atoms with Crippen molar-refractivity contribution in [1.29, 1.82) is 0 Å². The fourth-order valence-corrected chi connectivity index (χ4v) is 7.47. The molecular formula is C27H44ClN3O4. The minimum Gasteiger partial charge on any atom is -0.480 e. The van der Waals surface area contributed by atoms with Crippen LogP contribution in [-0.2, 0) is 14.4 Å². The predicted octanol–water partition coefficient (Wildman–Crippen LogP) is 4.12. The molecule has 3 aliphatic heterocycles. The summed E-state index contributed by atoms with van der Waals surface area (Å²) in [4.78, 5) is 32.9. The SMILES string of the molecule is O=C(O)C1CC2CCCCC2N1.O=C1CCC2CCCCC2N1.O=C1NC2CCCCC2CC1Cl. The van der Waals surface area contributed by atoms with Gasteiger partial charge in [-0.3, -0.25) is 14.4 Å². The van der Waals surface area contributed by atoms with E-state index in [1.807, 2.05) is 0 Å². The maximum atomic E-state index is 11.2. The fourth-order valence-electron chi connectivity index (χ4n) is 7.17. The summed E-state index contributed by atoms with van der Waals surface area (Å²) >= 11 is 5.87. The fraction of sp³-hybridized carbons (Fsp3) is 0.889. The van der Waals surface area contributed by atoms with Gasteiger partial charge < -0.3 is 21.1 Å². The number of halogens is 1. The number of piperidine rings is 2. The average molecular weight is 510 g/mol. The second-order valence-electron chi connectivity index (χ2n) is 11.6. The molecule has 6 fully saturated rings. The van der Waals surface area contributed by atoms with Gasteiger partial charge in [0.15, 0.2) is 0 Å². The van der Waals surface area contributed by atoms with E-state index in [2.05, 4.69) is 16.0 Å². The van der Waals surface area contributed by atoms with Crippen LogP contribution in [0.3, 0.4) is 0 Å². The highest BCUT2D eigenvalue weighted by Crippen LogP contribution is 2.34. The number of carboxylic acids is 1. The van der Waals surface area contributed by atoms with Gasteiger partial charge in [0.05, 0.1) is 0 Å². The minimum atomic E-state index is -0.676. The van der Waals surface area contributed by atoms with E-state index >= 15 is 0 Å². The molecule has 3 heterocycles. The van der Waals surface area contributed by atoms with Crippen LogP contribution in [0, 0.1) is 17.8 Å². The number of amides is 2. The molecule has 6 aliphatic rings. The van der Waals surface area contributed by atoms with E-state index in [-0.39, 0.29) is 23.2 Å².